The summed E-state index contributed by atoms with van der Waals surface area (Å²) >= 11 is 1.39. The van der Waals surface area contributed by atoms with E-state index in [-0.39, 0.29) is 23.5 Å². The zero-order valence-electron chi connectivity index (χ0n) is 20.4. The van der Waals surface area contributed by atoms with Gasteiger partial charge in [-0.3, -0.25) is 14.8 Å². The average Bonchev–Trinajstić information content (AvgIpc) is 3.22. The van der Waals surface area contributed by atoms with Crippen LogP contribution in [0.15, 0.2) is 33.5 Å². The predicted molar refractivity (Wildman–Crippen MR) is 137 cm³/mol. The molecule has 0 bridgehead atoms. The van der Waals surface area contributed by atoms with Gasteiger partial charge in [0.05, 0.1) is 22.8 Å². The highest BCUT2D eigenvalue weighted by molar-refractivity contribution is 7.12. The van der Waals surface area contributed by atoms with Crippen LogP contribution in [0.3, 0.4) is 0 Å². The van der Waals surface area contributed by atoms with Crippen molar-refractivity contribution >= 4 is 29.0 Å². The van der Waals surface area contributed by atoms with Gasteiger partial charge in [-0.05, 0) is 52.0 Å². The number of aromatic amines is 2. The molecule has 0 saturated heterocycles. The number of H-pyrrole nitrogens is 2. The third kappa shape index (κ3) is 5.09. The van der Waals surface area contributed by atoms with E-state index in [1.807, 2.05) is 38.7 Å². The molecular formula is C24H28N8O3S. The minimum absolute atomic E-state index is 0.0146. The van der Waals surface area contributed by atoms with Gasteiger partial charge in [0.25, 0.3) is 5.91 Å². The molecule has 1 aliphatic carbocycles. The Labute approximate surface area is 210 Å². The Bertz CT molecular complexity index is 1590. The van der Waals surface area contributed by atoms with Gasteiger partial charge in [-0.25, -0.2) is 9.78 Å². The van der Waals surface area contributed by atoms with Gasteiger partial charge < -0.3 is 19.9 Å². The van der Waals surface area contributed by atoms with Crippen LogP contribution in [0.1, 0.15) is 34.6 Å². The number of carbonyl (C=O) groups excluding carboxylic acids is 1. The Balaban J connectivity index is 1.52. The van der Waals surface area contributed by atoms with Crippen molar-refractivity contribution in [2.24, 2.45) is 4.99 Å². The summed E-state index contributed by atoms with van der Waals surface area (Å²) < 4.78 is 1.66. The molecule has 188 valence electrons. The van der Waals surface area contributed by atoms with Gasteiger partial charge in [-0.1, -0.05) is 0 Å². The normalized spacial score (nSPS) is 14.9. The molecule has 12 heteroatoms. The van der Waals surface area contributed by atoms with Gasteiger partial charge in [0.1, 0.15) is 5.69 Å². The number of nitrogens with one attached hydrogen (secondary N) is 2. The number of aromatic nitrogens is 5. The monoisotopic (exact) mass is 508 g/mol. The maximum atomic E-state index is 13.0. The highest BCUT2D eigenvalue weighted by atomic mass is 32.1. The van der Waals surface area contributed by atoms with Crippen molar-refractivity contribution in [1.82, 2.24) is 34.4 Å². The third-order valence-corrected chi connectivity index (χ3v) is 6.85. The molecule has 11 nitrogen and oxygen atoms in total. The summed E-state index contributed by atoms with van der Waals surface area (Å²) in [6.45, 7) is 1.60. The Morgan fingerprint density at radius 3 is 2.78 bits per heavy atom. The maximum absolute atomic E-state index is 13.0. The van der Waals surface area contributed by atoms with Crippen LogP contribution in [0, 0.1) is 0 Å². The van der Waals surface area contributed by atoms with E-state index in [1.54, 1.807) is 21.7 Å². The summed E-state index contributed by atoms with van der Waals surface area (Å²) in [5, 5.41) is 17.0. The van der Waals surface area contributed by atoms with Crippen LogP contribution < -0.4 is 16.4 Å². The largest absolute Gasteiger partial charge is 0.493 e. The average molecular weight is 509 g/mol. The number of carbonyl (C=O) groups is 1. The number of nitrogens with zero attached hydrogens (tertiary/aromatic N) is 6. The van der Waals surface area contributed by atoms with E-state index in [2.05, 4.69) is 20.0 Å². The quantitative estimate of drug-likeness (QED) is 0.322. The molecule has 1 aliphatic rings. The van der Waals surface area contributed by atoms with Gasteiger partial charge in [-0.15, -0.1) is 11.3 Å². The summed E-state index contributed by atoms with van der Waals surface area (Å²) in [5.41, 5.74) is 2.44. The summed E-state index contributed by atoms with van der Waals surface area (Å²) in [4.78, 5) is 43.5. The van der Waals surface area contributed by atoms with Crippen LogP contribution >= 0.6 is 11.3 Å². The van der Waals surface area contributed by atoms with Gasteiger partial charge >= 0.3 is 5.69 Å². The van der Waals surface area contributed by atoms with E-state index in [1.165, 1.54) is 11.3 Å². The molecule has 36 heavy (non-hydrogen) atoms. The SMILES string of the molecule is CN(C)CCCN(C)C(=O)c1cc(-c2cc(=NC3CC3)n3nc/c(=C\c4[nH]c(=O)[nH]c4O)c3n2)cs1. The van der Waals surface area contributed by atoms with E-state index < -0.39 is 5.69 Å². The highest BCUT2D eigenvalue weighted by Gasteiger charge is 2.21. The van der Waals surface area contributed by atoms with Gasteiger partial charge in [0, 0.05) is 35.8 Å². The molecule has 1 fully saturated rings. The first-order valence-electron chi connectivity index (χ1n) is 11.7. The summed E-state index contributed by atoms with van der Waals surface area (Å²) in [7, 11) is 5.86. The Kier molecular flexibility index (Phi) is 6.46. The molecule has 5 rings (SSSR count). The molecule has 0 aliphatic heterocycles. The fourth-order valence-corrected chi connectivity index (χ4v) is 4.73. The second kappa shape index (κ2) is 9.70. The lowest BCUT2D eigenvalue weighted by molar-refractivity contribution is 0.0795. The molecule has 1 saturated carbocycles. The van der Waals surface area contributed by atoms with Gasteiger partial charge in [0.2, 0.25) is 5.88 Å². The summed E-state index contributed by atoms with van der Waals surface area (Å²) in [5.74, 6) is -0.270. The van der Waals surface area contributed by atoms with E-state index in [0.717, 1.165) is 31.4 Å². The number of fused-ring (bicyclic) bond motifs is 1. The number of amides is 1. The molecule has 4 heterocycles. The van der Waals surface area contributed by atoms with Crippen molar-refractivity contribution in [3.8, 4) is 17.1 Å². The van der Waals surface area contributed by atoms with Crippen molar-refractivity contribution < 1.29 is 9.90 Å². The fraction of sp³-hybridized carbons (Fsp3) is 0.375. The minimum Gasteiger partial charge on any atom is -0.493 e. The van der Waals surface area contributed by atoms with Crippen LogP contribution in [0.25, 0.3) is 23.0 Å². The second-order valence-corrected chi connectivity index (χ2v) is 10.2. The van der Waals surface area contributed by atoms with Crippen molar-refractivity contribution in [2.75, 3.05) is 34.2 Å². The molecule has 3 N–H and O–H groups in total. The number of aromatic hydroxyl groups is 1. The van der Waals surface area contributed by atoms with Crippen LogP contribution in [0.4, 0.5) is 0 Å². The van der Waals surface area contributed by atoms with Crippen molar-refractivity contribution in [1.29, 1.82) is 0 Å². The first kappa shape index (κ1) is 23.9. The third-order valence-electron chi connectivity index (χ3n) is 5.93. The molecule has 4 aromatic heterocycles. The van der Waals surface area contributed by atoms with Gasteiger partial charge in [0.15, 0.2) is 11.1 Å². The number of hydrogen-bond donors (Lipinski definition) is 3. The van der Waals surface area contributed by atoms with E-state index in [9.17, 15) is 14.7 Å². The van der Waals surface area contributed by atoms with Crippen molar-refractivity contribution in [2.45, 2.75) is 25.3 Å². The first-order chi connectivity index (χ1) is 17.3. The molecule has 4 aromatic rings. The molecule has 1 amide bonds. The first-order valence-corrected chi connectivity index (χ1v) is 12.6. The molecule has 0 radical (unpaired) electrons. The van der Waals surface area contributed by atoms with E-state index in [0.29, 0.717) is 33.5 Å². The van der Waals surface area contributed by atoms with E-state index >= 15 is 0 Å². The molecule has 0 aromatic carbocycles. The zero-order chi connectivity index (χ0) is 25.4. The second-order valence-electron chi connectivity index (χ2n) is 9.26. The molecule has 0 spiro atoms. The number of hydrogen-bond acceptors (Lipinski definition) is 8. The lowest BCUT2D eigenvalue weighted by atomic mass is 10.2. The van der Waals surface area contributed by atoms with Crippen molar-refractivity contribution in [3.63, 3.8) is 0 Å². The topological polar surface area (TPSA) is 135 Å². The molecule has 0 unspecified atom stereocenters. The lowest BCUT2D eigenvalue weighted by Gasteiger charge is -2.17. The Morgan fingerprint density at radius 1 is 1.28 bits per heavy atom. The maximum Gasteiger partial charge on any atom is 0.326 e. The molecular weight excluding hydrogens is 480 g/mol. The molecule has 0 atom stereocenters. The van der Waals surface area contributed by atoms with Crippen LogP contribution in [0.5, 0.6) is 5.88 Å². The minimum atomic E-state index is -0.504. The fourth-order valence-electron chi connectivity index (χ4n) is 3.84. The van der Waals surface area contributed by atoms with Crippen LogP contribution in [0.2, 0.25) is 0 Å². The zero-order valence-corrected chi connectivity index (χ0v) is 21.2. The van der Waals surface area contributed by atoms with Crippen molar-refractivity contribution in [3.05, 3.63) is 55.5 Å². The number of imidazole rings is 1. The standard InChI is InChI=1S/C24H28N8O3S/c1-30(2)7-4-8-31(3)23(34)19-10-15(13-36-19)17-11-20(26-16-5-6-16)32-21(27-17)14(12-25-32)9-18-22(33)29-24(35)28-18/h9-13,16,33H,4-8H2,1-3H3,(H2,28,29,35)/b14-9+,26-20?. The number of thiophene rings is 1. The lowest BCUT2D eigenvalue weighted by Crippen LogP contribution is -2.29. The Morgan fingerprint density at radius 2 is 2.08 bits per heavy atom. The van der Waals surface area contributed by atoms with Gasteiger partial charge in [-0.2, -0.15) is 9.61 Å². The van der Waals surface area contributed by atoms with Crippen LogP contribution in [-0.4, -0.2) is 85.7 Å². The number of rotatable bonds is 8. The highest BCUT2D eigenvalue weighted by Crippen LogP contribution is 2.26. The Hall–Kier alpha value is -3.77. The summed E-state index contributed by atoms with van der Waals surface area (Å²) in [6.07, 6.45) is 6.21. The summed E-state index contributed by atoms with van der Waals surface area (Å²) in [6, 6.07) is 4.01. The van der Waals surface area contributed by atoms with Crippen LogP contribution in [-0.2, 0) is 0 Å². The predicted octanol–water partition coefficient (Wildman–Crippen LogP) is 0.814. The van der Waals surface area contributed by atoms with E-state index in [4.69, 9.17) is 9.98 Å². The smallest absolute Gasteiger partial charge is 0.326 e.